The van der Waals surface area contributed by atoms with Crippen molar-refractivity contribution < 1.29 is 4.74 Å². The summed E-state index contributed by atoms with van der Waals surface area (Å²) in [7, 11) is 0. The van der Waals surface area contributed by atoms with Crippen LogP contribution in [-0.4, -0.2) is 26.5 Å². The number of rotatable bonds is 5. The minimum Gasteiger partial charge on any atom is -0.476 e. The Morgan fingerprint density at radius 3 is 2.81 bits per heavy atom. The number of imidazole rings is 1. The molecule has 0 fully saturated rings. The average molecular weight is 220 g/mol. The van der Waals surface area contributed by atoms with Crippen LogP contribution in [0.15, 0.2) is 12.7 Å². The molecule has 5 heteroatoms. The summed E-state index contributed by atoms with van der Waals surface area (Å²) >= 11 is 0. The minimum atomic E-state index is 0.577. The van der Waals surface area contributed by atoms with Crippen molar-refractivity contribution in [3.63, 3.8) is 0 Å². The van der Waals surface area contributed by atoms with Gasteiger partial charge in [-0.15, -0.1) is 0 Å². The van der Waals surface area contributed by atoms with Gasteiger partial charge >= 0.3 is 0 Å². The number of aromatic nitrogens is 4. The molecule has 0 aromatic carbocycles. The lowest BCUT2D eigenvalue weighted by Gasteiger charge is -2.12. The lowest BCUT2D eigenvalue weighted by molar-refractivity contribution is 0.235. The van der Waals surface area contributed by atoms with E-state index in [-0.39, 0.29) is 0 Å². The fraction of sp³-hybridized carbons (Fsp3) is 0.545. The van der Waals surface area contributed by atoms with E-state index in [0.717, 1.165) is 18.4 Å². The van der Waals surface area contributed by atoms with Crippen LogP contribution in [0.4, 0.5) is 0 Å². The van der Waals surface area contributed by atoms with Crippen molar-refractivity contribution in [3.05, 3.63) is 12.7 Å². The Bertz CT molecular complexity index is 450. The van der Waals surface area contributed by atoms with Crippen LogP contribution in [0.2, 0.25) is 0 Å². The molecule has 0 atom stereocenters. The van der Waals surface area contributed by atoms with Gasteiger partial charge in [-0.05, 0) is 5.92 Å². The van der Waals surface area contributed by atoms with E-state index >= 15 is 0 Å². The molecule has 0 aliphatic carbocycles. The van der Waals surface area contributed by atoms with Crippen LogP contribution < -0.4 is 4.74 Å². The van der Waals surface area contributed by atoms with Crippen molar-refractivity contribution in [2.24, 2.45) is 5.92 Å². The van der Waals surface area contributed by atoms with Gasteiger partial charge < -0.3 is 9.72 Å². The second-order valence-corrected chi connectivity index (χ2v) is 3.77. The molecule has 0 spiro atoms. The summed E-state index contributed by atoms with van der Waals surface area (Å²) in [6.07, 6.45) is 5.32. The van der Waals surface area contributed by atoms with Gasteiger partial charge in [-0.1, -0.05) is 26.7 Å². The standard InChI is InChI=1S/C11H16N4O/c1-3-8(4-2)5-16-11-9-10(13-6-12-9)14-7-15-11/h6-8H,3-5H2,1-2H3,(H,12,13,14,15). The molecule has 0 radical (unpaired) electrons. The summed E-state index contributed by atoms with van der Waals surface area (Å²) < 4.78 is 5.70. The zero-order valence-electron chi connectivity index (χ0n) is 9.60. The Balaban J connectivity index is 2.11. The fourth-order valence-corrected chi connectivity index (χ4v) is 1.57. The molecule has 2 aromatic rings. The monoisotopic (exact) mass is 220 g/mol. The first-order valence-corrected chi connectivity index (χ1v) is 5.62. The fourth-order valence-electron chi connectivity index (χ4n) is 1.57. The summed E-state index contributed by atoms with van der Waals surface area (Å²) in [4.78, 5) is 15.2. The van der Waals surface area contributed by atoms with Gasteiger partial charge in [0.25, 0.3) is 0 Å². The number of nitrogens with zero attached hydrogens (tertiary/aromatic N) is 3. The molecule has 16 heavy (non-hydrogen) atoms. The van der Waals surface area contributed by atoms with Gasteiger partial charge in [-0.2, -0.15) is 4.98 Å². The van der Waals surface area contributed by atoms with E-state index in [1.807, 2.05) is 0 Å². The molecular weight excluding hydrogens is 204 g/mol. The van der Waals surface area contributed by atoms with E-state index in [1.54, 1.807) is 6.33 Å². The zero-order valence-corrected chi connectivity index (χ0v) is 9.60. The highest BCUT2D eigenvalue weighted by Crippen LogP contribution is 2.18. The van der Waals surface area contributed by atoms with Crippen LogP contribution in [-0.2, 0) is 0 Å². The number of hydrogen-bond acceptors (Lipinski definition) is 4. The number of hydrogen-bond donors (Lipinski definition) is 1. The molecular formula is C11H16N4O. The number of ether oxygens (including phenoxy) is 1. The molecule has 1 N–H and O–H groups in total. The third-order valence-electron chi connectivity index (χ3n) is 2.80. The summed E-state index contributed by atoms with van der Waals surface area (Å²) in [6, 6.07) is 0. The summed E-state index contributed by atoms with van der Waals surface area (Å²) in [5, 5.41) is 0. The highest BCUT2D eigenvalue weighted by molar-refractivity contribution is 5.74. The van der Waals surface area contributed by atoms with Crippen molar-refractivity contribution >= 4 is 11.2 Å². The topological polar surface area (TPSA) is 63.7 Å². The van der Waals surface area contributed by atoms with Crippen LogP contribution >= 0.6 is 0 Å². The van der Waals surface area contributed by atoms with E-state index in [4.69, 9.17) is 4.74 Å². The van der Waals surface area contributed by atoms with Gasteiger partial charge in [-0.3, -0.25) is 0 Å². The predicted molar refractivity (Wildman–Crippen MR) is 61.3 cm³/mol. The molecule has 0 unspecified atom stereocenters. The van der Waals surface area contributed by atoms with Gasteiger partial charge in [0, 0.05) is 0 Å². The summed E-state index contributed by atoms with van der Waals surface area (Å²) in [5.41, 5.74) is 1.42. The Morgan fingerprint density at radius 1 is 1.25 bits per heavy atom. The SMILES string of the molecule is CCC(CC)COc1ncnc2nc[nH]c12. The van der Waals surface area contributed by atoms with Crippen molar-refractivity contribution in [3.8, 4) is 5.88 Å². The highest BCUT2D eigenvalue weighted by atomic mass is 16.5. The van der Waals surface area contributed by atoms with E-state index in [1.165, 1.54) is 6.33 Å². The molecule has 0 bridgehead atoms. The Hall–Kier alpha value is -1.65. The molecule has 0 aliphatic heterocycles. The molecule has 0 amide bonds. The number of fused-ring (bicyclic) bond motifs is 1. The van der Waals surface area contributed by atoms with E-state index in [2.05, 4.69) is 33.8 Å². The maximum absolute atomic E-state index is 5.70. The molecule has 0 aliphatic rings. The Kier molecular flexibility index (Phi) is 3.34. The molecule has 2 rings (SSSR count). The van der Waals surface area contributed by atoms with Crippen molar-refractivity contribution in [2.75, 3.05) is 6.61 Å². The van der Waals surface area contributed by atoms with Gasteiger partial charge in [0.1, 0.15) is 11.8 Å². The van der Waals surface area contributed by atoms with E-state index in [9.17, 15) is 0 Å². The smallest absolute Gasteiger partial charge is 0.243 e. The van der Waals surface area contributed by atoms with Gasteiger partial charge in [0.2, 0.25) is 5.88 Å². The molecule has 2 heterocycles. The number of H-pyrrole nitrogens is 1. The lowest BCUT2D eigenvalue weighted by Crippen LogP contribution is -2.11. The van der Waals surface area contributed by atoms with Crippen LogP contribution in [0, 0.1) is 5.92 Å². The van der Waals surface area contributed by atoms with Crippen LogP contribution in [0.3, 0.4) is 0 Å². The van der Waals surface area contributed by atoms with Gasteiger partial charge in [-0.25, -0.2) is 9.97 Å². The lowest BCUT2D eigenvalue weighted by atomic mass is 10.1. The van der Waals surface area contributed by atoms with Gasteiger partial charge in [0.05, 0.1) is 12.9 Å². The number of nitrogens with one attached hydrogen (secondary N) is 1. The molecule has 2 aromatic heterocycles. The molecule has 0 saturated carbocycles. The first-order chi connectivity index (χ1) is 7.85. The maximum Gasteiger partial charge on any atom is 0.243 e. The van der Waals surface area contributed by atoms with E-state index < -0.39 is 0 Å². The molecule has 0 saturated heterocycles. The number of aromatic amines is 1. The zero-order chi connectivity index (χ0) is 11.4. The predicted octanol–water partition coefficient (Wildman–Crippen LogP) is 2.17. The minimum absolute atomic E-state index is 0.577. The first kappa shape index (κ1) is 10.9. The van der Waals surface area contributed by atoms with Crippen molar-refractivity contribution in [2.45, 2.75) is 26.7 Å². The quantitative estimate of drug-likeness (QED) is 0.838. The maximum atomic E-state index is 5.70. The second-order valence-electron chi connectivity index (χ2n) is 3.77. The van der Waals surface area contributed by atoms with Crippen LogP contribution in [0.25, 0.3) is 11.2 Å². The normalized spacial score (nSPS) is 11.2. The second kappa shape index (κ2) is 4.92. The third kappa shape index (κ3) is 2.13. The summed E-state index contributed by atoms with van der Waals surface area (Å²) in [6.45, 7) is 5.03. The van der Waals surface area contributed by atoms with Crippen molar-refractivity contribution in [1.29, 1.82) is 0 Å². The molecule has 5 nitrogen and oxygen atoms in total. The van der Waals surface area contributed by atoms with Crippen LogP contribution in [0.5, 0.6) is 5.88 Å². The Labute approximate surface area is 94.3 Å². The third-order valence-corrected chi connectivity index (χ3v) is 2.80. The highest BCUT2D eigenvalue weighted by Gasteiger charge is 2.09. The van der Waals surface area contributed by atoms with Gasteiger partial charge in [0.15, 0.2) is 5.65 Å². The largest absolute Gasteiger partial charge is 0.476 e. The van der Waals surface area contributed by atoms with E-state index in [0.29, 0.717) is 24.1 Å². The van der Waals surface area contributed by atoms with Crippen molar-refractivity contribution in [1.82, 2.24) is 19.9 Å². The molecule has 86 valence electrons. The Morgan fingerprint density at radius 2 is 2.06 bits per heavy atom. The summed E-state index contributed by atoms with van der Waals surface area (Å²) in [5.74, 6) is 1.17. The average Bonchev–Trinajstić information content (AvgIpc) is 2.79. The first-order valence-electron chi connectivity index (χ1n) is 5.62. The van der Waals surface area contributed by atoms with Crippen LogP contribution in [0.1, 0.15) is 26.7 Å².